The predicted molar refractivity (Wildman–Crippen MR) is 95.8 cm³/mol. The summed E-state index contributed by atoms with van der Waals surface area (Å²) in [7, 11) is 3.83. The molecule has 0 unspecified atom stereocenters. The van der Waals surface area contributed by atoms with E-state index in [2.05, 4.69) is 32.1 Å². The molecule has 6 nitrogen and oxygen atoms in total. The fraction of sp³-hybridized carbons (Fsp3) is 0.118. The molecule has 3 aromatic rings. The van der Waals surface area contributed by atoms with Gasteiger partial charge in [-0.3, -0.25) is 4.72 Å². The van der Waals surface area contributed by atoms with E-state index in [-0.39, 0.29) is 0 Å². The van der Waals surface area contributed by atoms with E-state index in [0.717, 1.165) is 21.8 Å². The van der Waals surface area contributed by atoms with Crippen LogP contribution in [0.3, 0.4) is 0 Å². The first kappa shape index (κ1) is 16.1. The van der Waals surface area contributed by atoms with Gasteiger partial charge in [-0.25, -0.2) is 9.97 Å². The molecule has 0 amide bonds. The van der Waals surface area contributed by atoms with Crippen molar-refractivity contribution in [2.24, 2.45) is 7.05 Å². The van der Waals surface area contributed by atoms with E-state index in [1.165, 1.54) is 0 Å². The molecule has 0 atom stereocenters. The van der Waals surface area contributed by atoms with Crippen LogP contribution in [0.15, 0.2) is 53.9 Å². The summed E-state index contributed by atoms with van der Waals surface area (Å²) in [5, 5.41) is 12.2. The second kappa shape index (κ2) is 7.17. The first-order valence-electron chi connectivity index (χ1n) is 7.29. The third kappa shape index (κ3) is 3.56. The van der Waals surface area contributed by atoms with E-state index >= 15 is 0 Å². The van der Waals surface area contributed by atoms with Gasteiger partial charge in [0.05, 0.1) is 17.6 Å². The largest absolute Gasteiger partial charge is 0.340 e. The van der Waals surface area contributed by atoms with Gasteiger partial charge in [-0.1, -0.05) is 0 Å². The Labute approximate surface area is 144 Å². The highest BCUT2D eigenvalue weighted by molar-refractivity contribution is 7.97. The number of nitrogens with zero attached hydrogens (tertiary/aromatic N) is 4. The molecule has 2 aromatic heterocycles. The summed E-state index contributed by atoms with van der Waals surface area (Å²) in [5.74, 6) is 0.681. The Morgan fingerprint density at radius 1 is 1.21 bits per heavy atom. The van der Waals surface area contributed by atoms with Crippen LogP contribution >= 0.6 is 11.9 Å². The van der Waals surface area contributed by atoms with Gasteiger partial charge in [0.2, 0.25) is 0 Å². The normalized spacial score (nSPS) is 10.4. The highest BCUT2D eigenvalue weighted by atomic mass is 32.2. The molecular weight excluding hydrogens is 320 g/mol. The van der Waals surface area contributed by atoms with E-state index in [1.54, 1.807) is 36.6 Å². The second-order valence-corrected chi connectivity index (χ2v) is 6.19. The number of anilines is 2. The van der Waals surface area contributed by atoms with Crippen molar-refractivity contribution >= 4 is 23.5 Å². The molecular formula is C17H16N6S. The van der Waals surface area contributed by atoms with Crippen molar-refractivity contribution in [1.82, 2.24) is 19.3 Å². The van der Waals surface area contributed by atoms with E-state index in [4.69, 9.17) is 5.26 Å². The van der Waals surface area contributed by atoms with Crippen LogP contribution in [0, 0.1) is 11.3 Å². The molecule has 24 heavy (non-hydrogen) atoms. The number of nitriles is 1. The Morgan fingerprint density at radius 2 is 2.08 bits per heavy atom. The van der Waals surface area contributed by atoms with Crippen LogP contribution in [-0.4, -0.2) is 21.6 Å². The first-order valence-corrected chi connectivity index (χ1v) is 8.10. The van der Waals surface area contributed by atoms with Gasteiger partial charge in [-0.15, -0.1) is 0 Å². The Bertz CT molecular complexity index is 879. The Balaban J connectivity index is 1.97. The van der Waals surface area contributed by atoms with Gasteiger partial charge in [-0.05, 0) is 49.3 Å². The minimum atomic E-state index is 0.534. The average Bonchev–Trinajstić information content (AvgIpc) is 3.03. The molecule has 0 saturated heterocycles. The van der Waals surface area contributed by atoms with Crippen molar-refractivity contribution in [3.8, 4) is 17.3 Å². The summed E-state index contributed by atoms with van der Waals surface area (Å²) < 4.78 is 4.99. The fourth-order valence-electron chi connectivity index (χ4n) is 2.25. The van der Waals surface area contributed by atoms with Gasteiger partial charge in [0.1, 0.15) is 11.9 Å². The number of aryl methyl sites for hydroxylation is 1. The van der Waals surface area contributed by atoms with E-state index in [0.29, 0.717) is 11.4 Å². The number of aromatic nitrogens is 3. The predicted octanol–water partition coefficient (Wildman–Crippen LogP) is 3.32. The quantitative estimate of drug-likeness (QED) is 0.696. The topological polar surface area (TPSA) is 78.6 Å². The second-order valence-electron chi connectivity index (χ2n) is 5.11. The standard InChI is InChI=1S/C17H16N6S/c1-19-24-13-4-5-15(14(7-13)16-10-23(2)11-21-16)22-17-6-3-12(8-18)9-20-17/h3-7,9-11,19H,1-2H3,(H,20,22). The summed E-state index contributed by atoms with van der Waals surface area (Å²) >= 11 is 1.55. The molecule has 0 spiro atoms. The smallest absolute Gasteiger partial charge is 0.130 e. The number of hydrogen-bond acceptors (Lipinski definition) is 6. The first-order chi connectivity index (χ1) is 11.7. The molecule has 0 aliphatic rings. The van der Waals surface area contributed by atoms with Crippen LogP contribution < -0.4 is 10.0 Å². The summed E-state index contributed by atoms with van der Waals surface area (Å²) in [4.78, 5) is 9.81. The van der Waals surface area contributed by atoms with Crippen molar-refractivity contribution in [3.63, 3.8) is 0 Å². The zero-order valence-corrected chi connectivity index (χ0v) is 14.1. The summed E-state index contributed by atoms with van der Waals surface area (Å²) in [5.41, 5.74) is 3.31. The highest BCUT2D eigenvalue weighted by Gasteiger charge is 2.10. The average molecular weight is 336 g/mol. The van der Waals surface area contributed by atoms with Gasteiger partial charge in [-0.2, -0.15) is 5.26 Å². The molecule has 0 aliphatic heterocycles. The number of imidazole rings is 1. The highest BCUT2D eigenvalue weighted by Crippen LogP contribution is 2.32. The molecule has 120 valence electrons. The maximum Gasteiger partial charge on any atom is 0.130 e. The maximum atomic E-state index is 8.87. The number of pyridine rings is 1. The summed E-state index contributed by atoms with van der Waals surface area (Å²) in [6.45, 7) is 0. The van der Waals surface area contributed by atoms with Gasteiger partial charge in [0.15, 0.2) is 0 Å². The summed E-state index contributed by atoms with van der Waals surface area (Å²) in [6.07, 6.45) is 5.30. The minimum absolute atomic E-state index is 0.534. The van der Waals surface area contributed by atoms with Gasteiger partial charge >= 0.3 is 0 Å². The number of hydrogen-bond donors (Lipinski definition) is 2. The van der Waals surface area contributed by atoms with Gasteiger partial charge < -0.3 is 9.88 Å². The van der Waals surface area contributed by atoms with Crippen molar-refractivity contribution < 1.29 is 0 Å². The third-order valence-electron chi connectivity index (χ3n) is 3.35. The lowest BCUT2D eigenvalue weighted by molar-refractivity contribution is 0.913. The Hall–Kier alpha value is -2.82. The lowest BCUT2D eigenvalue weighted by Crippen LogP contribution is -1.97. The fourth-order valence-corrected chi connectivity index (χ4v) is 2.80. The van der Waals surface area contributed by atoms with Crippen LogP contribution in [-0.2, 0) is 7.05 Å². The molecule has 3 rings (SSSR count). The molecule has 2 N–H and O–H groups in total. The van der Waals surface area contributed by atoms with Crippen molar-refractivity contribution in [2.75, 3.05) is 12.4 Å². The SMILES string of the molecule is CNSc1ccc(Nc2ccc(C#N)cn2)c(-c2cn(C)cn2)c1. The molecule has 0 aliphatic carbocycles. The monoisotopic (exact) mass is 336 g/mol. The van der Waals surface area contributed by atoms with Gasteiger partial charge in [0, 0.05) is 35.6 Å². The van der Waals surface area contributed by atoms with Crippen molar-refractivity contribution in [3.05, 3.63) is 54.6 Å². The Kier molecular flexibility index (Phi) is 4.79. The minimum Gasteiger partial charge on any atom is -0.340 e. The zero-order chi connectivity index (χ0) is 16.9. The molecule has 7 heteroatoms. The van der Waals surface area contributed by atoms with E-state index in [9.17, 15) is 0 Å². The summed E-state index contributed by atoms with van der Waals surface area (Å²) in [6, 6.07) is 11.7. The molecule has 0 bridgehead atoms. The van der Waals surface area contributed by atoms with Crippen LogP contribution in [0.25, 0.3) is 11.3 Å². The maximum absolute atomic E-state index is 8.87. The van der Waals surface area contributed by atoms with Gasteiger partial charge in [0.25, 0.3) is 0 Å². The Morgan fingerprint density at radius 3 is 2.71 bits per heavy atom. The molecule has 1 aromatic carbocycles. The third-order valence-corrected chi connectivity index (χ3v) is 4.04. The number of benzene rings is 1. The number of nitrogens with one attached hydrogen (secondary N) is 2. The molecule has 0 saturated carbocycles. The van der Waals surface area contributed by atoms with Crippen molar-refractivity contribution in [2.45, 2.75) is 4.90 Å². The molecule has 0 radical (unpaired) electrons. The lowest BCUT2D eigenvalue weighted by atomic mass is 10.1. The van der Waals surface area contributed by atoms with E-state index in [1.807, 2.05) is 37.0 Å². The number of rotatable bonds is 5. The van der Waals surface area contributed by atoms with E-state index < -0.39 is 0 Å². The molecule has 0 fully saturated rings. The van der Waals surface area contributed by atoms with Crippen molar-refractivity contribution in [1.29, 1.82) is 5.26 Å². The van der Waals surface area contributed by atoms with Crippen LogP contribution in [0.4, 0.5) is 11.5 Å². The van der Waals surface area contributed by atoms with Crippen LogP contribution in [0.5, 0.6) is 0 Å². The van der Waals surface area contributed by atoms with Crippen LogP contribution in [0.2, 0.25) is 0 Å². The zero-order valence-electron chi connectivity index (χ0n) is 13.3. The van der Waals surface area contributed by atoms with Crippen LogP contribution in [0.1, 0.15) is 5.56 Å². The molecule has 2 heterocycles. The lowest BCUT2D eigenvalue weighted by Gasteiger charge is -2.12.